The number of aromatic nitrogens is 3. The van der Waals surface area contributed by atoms with Gasteiger partial charge in [-0.2, -0.15) is 5.26 Å². The number of anilines is 3. The van der Waals surface area contributed by atoms with E-state index < -0.39 is 5.41 Å². The maximum absolute atomic E-state index is 10.9. The number of hydrogen-bond donors (Lipinski definition) is 0. The van der Waals surface area contributed by atoms with Crippen LogP contribution in [0.3, 0.4) is 0 Å². The average molecular weight is 689 g/mol. The van der Waals surface area contributed by atoms with Gasteiger partial charge in [0.15, 0.2) is 17.5 Å². The van der Waals surface area contributed by atoms with Crippen LogP contribution < -0.4 is 4.90 Å². The lowest BCUT2D eigenvalue weighted by Crippen LogP contribution is -2.36. The van der Waals surface area contributed by atoms with Gasteiger partial charge < -0.3 is 4.90 Å². The minimum absolute atomic E-state index is 0.319. The Bertz CT molecular complexity index is 2680. The molecule has 10 rings (SSSR count). The molecule has 1 aromatic heterocycles. The molecule has 2 heterocycles. The first-order valence-corrected chi connectivity index (χ1v) is 17.7. The Morgan fingerprint density at radius 3 is 1.41 bits per heavy atom. The van der Waals surface area contributed by atoms with Crippen LogP contribution in [0, 0.1) is 17.9 Å². The second kappa shape index (κ2) is 12.2. The van der Waals surface area contributed by atoms with Gasteiger partial charge in [-0.15, -0.1) is 0 Å². The quantitative estimate of drug-likeness (QED) is 0.172. The van der Waals surface area contributed by atoms with Crippen molar-refractivity contribution in [3.63, 3.8) is 0 Å². The summed E-state index contributed by atoms with van der Waals surface area (Å²) in [6.07, 6.45) is 0. The van der Waals surface area contributed by atoms with Gasteiger partial charge in [0.1, 0.15) is 0 Å². The topological polar surface area (TPSA) is 70.1 Å². The molecule has 1 aliphatic carbocycles. The fourth-order valence-electron chi connectivity index (χ4n) is 8.39. The van der Waals surface area contributed by atoms with Crippen molar-refractivity contribution in [2.75, 3.05) is 4.90 Å². The zero-order valence-electron chi connectivity index (χ0n) is 28.8. The molecule has 1 aliphatic heterocycles. The lowest BCUT2D eigenvalue weighted by molar-refractivity contribution is 0.752. The van der Waals surface area contributed by atoms with Crippen molar-refractivity contribution in [1.29, 1.82) is 5.26 Å². The number of hydrogen-bond acceptors (Lipinski definition) is 5. The van der Waals surface area contributed by atoms with Crippen molar-refractivity contribution in [2.45, 2.75) is 5.41 Å². The molecule has 0 amide bonds. The molecule has 2 aliphatic rings. The van der Waals surface area contributed by atoms with E-state index in [9.17, 15) is 5.26 Å². The second-order valence-electron chi connectivity index (χ2n) is 13.4. The molecule has 0 saturated carbocycles. The fraction of sp³-hybridized carbons (Fsp3) is 0.0208. The number of benzene rings is 7. The Morgan fingerprint density at radius 2 is 0.926 bits per heavy atom. The summed E-state index contributed by atoms with van der Waals surface area (Å²) in [5.74, 6) is 1.40. The van der Waals surface area contributed by atoms with Crippen molar-refractivity contribution < 1.29 is 0 Å². The van der Waals surface area contributed by atoms with Crippen LogP contribution in [0.4, 0.5) is 22.7 Å². The molecule has 1 spiro atoms. The summed E-state index contributed by atoms with van der Waals surface area (Å²) in [7, 11) is 0. The molecule has 250 valence electrons. The molecular formula is C48H28N6. The Kier molecular flexibility index (Phi) is 7.05. The van der Waals surface area contributed by atoms with Crippen LogP contribution in [0.2, 0.25) is 0 Å². The summed E-state index contributed by atoms with van der Waals surface area (Å²) >= 11 is 0. The van der Waals surface area contributed by atoms with Crippen LogP contribution >= 0.6 is 0 Å². The molecule has 8 aromatic rings. The maximum atomic E-state index is 10.9. The highest BCUT2D eigenvalue weighted by atomic mass is 15.2. The van der Waals surface area contributed by atoms with E-state index in [0.29, 0.717) is 40.0 Å². The molecular weight excluding hydrogens is 661 g/mol. The highest BCUT2D eigenvalue weighted by molar-refractivity contribution is 5.99. The molecule has 0 radical (unpaired) electrons. The Morgan fingerprint density at radius 1 is 0.500 bits per heavy atom. The smallest absolute Gasteiger partial charge is 0.212 e. The Balaban J connectivity index is 1.21. The molecule has 0 unspecified atom stereocenters. The molecule has 7 aromatic carbocycles. The van der Waals surface area contributed by atoms with E-state index in [2.05, 4.69) is 101 Å². The molecule has 0 fully saturated rings. The van der Waals surface area contributed by atoms with Crippen LogP contribution in [0.1, 0.15) is 27.8 Å². The van der Waals surface area contributed by atoms with E-state index in [0.717, 1.165) is 33.6 Å². The summed E-state index contributed by atoms with van der Waals surface area (Å²) in [6, 6.07) is 59.7. The predicted octanol–water partition coefficient (Wildman–Crippen LogP) is 11.4. The lowest BCUT2D eigenvalue weighted by Gasteiger charge is -2.45. The Labute approximate surface area is 312 Å². The van der Waals surface area contributed by atoms with Crippen LogP contribution in [0.25, 0.3) is 50.1 Å². The zero-order valence-corrected chi connectivity index (χ0v) is 28.8. The zero-order chi connectivity index (χ0) is 36.2. The maximum Gasteiger partial charge on any atom is 0.212 e. The first-order chi connectivity index (χ1) is 26.7. The normalized spacial score (nSPS) is 12.9. The van der Waals surface area contributed by atoms with Crippen LogP contribution in [-0.2, 0) is 5.41 Å². The van der Waals surface area contributed by atoms with Gasteiger partial charge in [-0.05, 0) is 57.6 Å². The third kappa shape index (κ3) is 4.48. The number of para-hydroxylation sites is 2. The number of nitriles is 1. The summed E-state index contributed by atoms with van der Waals surface area (Å²) in [4.78, 5) is 20.8. The van der Waals surface area contributed by atoms with Gasteiger partial charge in [0.2, 0.25) is 5.69 Å². The fourth-order valence-corrected chi connectivity index (χ4v) is 8.39. The van der Waals surface area contributed by atoms with E-state index in [1.54, 1.807) is 12.1 Å². The highest BCUT2D eigenvalue weighted by Crippen LogP contribution is 2.64. The molecule has 0 saturated heterocycles. The van der Waals surface area contributed by atoms with Gasteiger partial charge in [0, 0.05) is 28.1 Å². The van der Waals surface area contributed by atoms with E-state index in [4.69, 9.17) is 21.5 Å². The minimum Gasteiger partial charge on any atom is -0.318 e. The van der Waals surface area contributed by atoms with Gasteiger partial charge in [-0.25, -0.2) is 19.8 Å². The Hall–Kier alpha value is -7.67. The summed E-state index contributed by atoms with van der Waals surface area (Å²) < 4.78 is 0. The first kappa shape index (κ1) is 31.1. The van der Waals surface area contributed by atoms with Gasteiger partial charge in [0.25, 0.3) is 0 Å². The third-order valence-electron chi connectivity index (χ3n) is 10.6. The molecule has 0 atom stereocenters. The first-order valence-electron chi connectivity index (χ1n) is 17.7. The monoisotopic (exact) mass is 688 g/mol. The van der Waals surface area contributed by atoms with Gasteiger partial charge in [-0.3, -0.25) is 0 Å². The van der Waals surface area contributed by atoms with Gasteiger partial charge in [0.05, 0.1) is 29.3 Å². The minimum atomic E-state index is -0.603. The van der Waals surface area contributed by atoms with Crippen molar-refractivity contribution >= 4 is 22.7 Å². The van der Waals surface area contributed by atoms with Crippen LogP contribution in [0.15, 0.2) is 170 Å². The van der Waals surface area contributed by atoms with Gasteiger partial charge >= 0.3 is 0 Å². The largest absolute Gasteiger partial charge is 0.318 e. The number of nitrogens with zero attached hydrogens (tertiary/aromatic N) is 6. The average Bonchev–Trinajstić information content (AvgIpc) is 3.55. The summed E-state index contributed by atoms with van der Waals surface area (Å²) in [5, 5.41) is 10.9. The second-order valence-corrected chi connectivity index (χ2v) is 13.4. The molecule has 6 heteroatoms. The van der Waals surface area contributed by atoms with Crippen molar-refractivity contribution in [3.8, 4) is 51.4 Å². The number of rotatable bonds is 4. The molecule has 0 bridgehead atoms. The van der Waals surface area contributed by atoms with Gasteiger partial charge in [-0.1, -0.05) is 146 Å². The molecule has 0 N–H and O–H groups in total. The van der Waals surface area contributed by atoms with E-state index in [-0.39, 0.29) is 0 Å². The summed E-state index contributed by atoms with van der Waals surface area (Å²) in [5.41, 5.74) is 11.7. The highest BCUT2D eigenvalue weighted by Gasteiger charge is 2.51. The van der Waals surface area contributed by atoms with Crippen LogP contribution in [-0.4, -0.2) is 15.0 Å². The van der Waals surface area contributed by atoms with Crippen LogP contribution in [0.5, 0.6) is 0 Å². The van der Waals surface area contributed by atoms with E-state index in [1.165, 1.54) is 22.3 Å². The molecule has 6 nitrogen and oxygen atoms in total. The van der Waals surface area contributed by atoms with Crippen molar-refractivity contribution in [3.05, 3.63) is 209 Å². The predicted molar refractivity (Wildman–Crippen MR) is 213 cm³/mol. The van der Waals surface area contributed by atoms with E-state index in [1.807, 2.05) is 72.8 Å². The SMILES string of the molecule is [C-]#[N+]c1cc(-c2nc(-c3ccccc3)nc(-c3ccccc3)n2)cc(C#N)c1N1c2ccccc2C2(c3ccccc3-c3ccccc32)c2ccccc21. The summed E-state index contributed by atoms with van der Waals surface area (Å²) in [6.45, 7) is 8.55. The third-order valence-corrected chi connectivity index (χ3v) is 10.6. The number of fused-ring (bicyclic) bond motifs is 9. The lowest BCUT2D eigenvalue weighted by atomic mass is 9.64. The van der Waals surface area contributed by atoms with Crippen molar-refractivity contribution in [2.24, 2.45) is 0 Å². The standard InChI is InChI=1S/C48H28N6/c1-50-41-29-33(47-52-45(31-16-4-2-5-17-31)51-46(53-47)32-18-6-3-7-19-32)28-34(30-49)44(41)54-42-26-14-12-24-39(42)48(40-25-13-15-27-43(40)54)37-22-10-8-20-35(37)36-21-9-11-23-38(36)48/h2-29H. The van der Waals surface area contributed by atoms with Crippen molar-refractivity contribution in [1.82, 2.24) is 15.0 Å². The molecule has 54 heavy (non-hydrogen) atoms. The van der Waals surface area contributed by atoms with E-state index >= 15 is 0 Å².